The molecule has 0 aliphatic heterocycles. The summed E-state index contributed by atoms with van der Waals surface area (Å²) >= 11 is 0. The smallest absolute Gasteiger partial charge is 0.326 e. The Bertz CT molecular complexity index is 1540. The number of amides is 2. The quantitative estimate of drug-likeness (QED) is 0.254. The van der Waals surface area contributed by atoms with Gasteiger partial charge < -0.3 is 15.4 Å². The number of benzene rings is 4. The van der Waals surface area contributed by atoms with Crippen LogP contribution in [0.25, 0.3) is 11.1 Å². The predicted octanol–water partition coefficient (Wildman–Crippen LogP) is 5.90. The van der Waals surface area contributed by atoms with E-state index in [1.54, 1.807) is 55.5 Å². The summed E-state index contributed by atoms with van der Waals surface area (Å²) in [6, 6.07) is 26.3. The van der Waals surface area contributed by atoms with Gasteiger partial charge in [-0.25, -0.2) is 17.6 Å². The first-order valence-electron chi connectivity index (χ1n) is 12.0. The molecule has 2 N–H and O–H groups in total. The van der Waals surface area contributed by atoms with Crippen molar-refractivity contribution in [3.8, 4) is 11.1 Å². The third-order valence-corrected chi connectivity index (χ3v) is 7.39. The van der Waals surface area contributed by atoms with E-state index in [9.17, 15) is 22.4 Å². The summed E-state index contributed by atoms with van der Waals surface area (Å²) < 4.78 is 46.8. The standard InChI is InChI=1S/C29H26FN3O5S/c1-2-38-28(34)20-33(26-17-15-25(16-18-26)32-29(35)31-24-8-4-3-5-9-24)39(36,37)27-10-6-7-22(19-27)21-11-13-23(30)14-12-21/h3-19H,2,20H2,1H3,(H2,31,32,35). The molecule has 2 amide bonds. The van der Waals surface area contributed by atoms with Gasteiger partial charge in [0.25, 0.3) is 10.0 Å². The summed E-state index contributed by atoms with van der Waals surface area (Å²) in [7, 11) is -4.22. The Morgan fingerprint density at radius 3 is 2.08 bits per heavy atom. The third kappa shape index (κ3) is 6.99. The number of hydrogen-bond donors (Lipinski definition) is 2. The Kier molecular flexibility index (Phi) is 8.57. The Morgan fingerprint density at radius 1 is 0.795 bits per heavy atom. The molecular formula is C29H26FN3O5S. The third-order valence-electron chi connectivity index (χ3n) is 5.62. The van der Waals surface area contributed by atoms with Crippen LogP contribution in [0.4, 0.5) is 26.2 Å². The second-order valence-electron chi connectivity index (χ2n) is 8.34. The van der Waals surface area contributed by atoms with E-state index < -0.39 is 34.4 Å². The van der Waals surface area contributed by atoms with Crippen LogP contribution < -0.4 is 14.9 Å². The molecule has 200 valence electrons. The minimum absolute atomic E-state index is 0.0573. The van der Waals surface area contributed by atoms with Gasteiger partial charge in [-0.2, -0.15) is 0 Å². The number of hydrogen-bond acceptors (Lipinski definition) is 5. The van der Waals surface area contributed by atoms with E-state index in [1.165, 1.54) is 48.5 Å². The molecule has 0 aromatic heterocycles. The average molecular weight is 548 g/mol. The van der Waals surface area contributed by atoms with Gasteiger partial charge in [-0.15, -0.1) is 0 Å². The summed E-state index contributed by atoms with van der Waals surface area (Å²) in [6.45, 7) is 1.16. The molecule has 0 fully saturated rings. The number of esters is 1. The Balaban J connectivity index is 1.60. The number of carbonyl (C=O) groups is 2. The van der Waals surface area contributed by atoms with E-state index in [0.29, 0.717) is 22.5 Å². The first-order chi connectivity index (χ1) is 18.8. The van der Waals surface area contributed by atoms with E-state index in [0.717, 1.165) is 4.31 Å². The van der Waals surface area contributed by atoms with Crippen LogP contribution in [-0.2, 0) is 19.6 Å². The number of anilines is 3. The lowest BCUT2D eigenvalue weighted by atomic mass is 10.1. The van der Waals surface area contributed by atoms with Crippen LogP contribution in [0.1, 0.15) is 6.92 Å². The highest BCUT2D eigenvalue weighted by Gasteiger charge is 2.28. The van der Waals surface area contributed by atoms with Crippen molar-refractivity contribution in [1.29, 1.82) is 0 Å². The molecule has 4 aromatic rings. The van der Waals surface area contributed by atoms with Crippen molar-refractivity contribution in [2.24, 2.45) is 0 Å². The van der Waals surface area contributed by atoms with Crippen LogP contribution in [0.15, 0.2) is 108 Å². The van der Waals surface area contributed by atoms with Crippen molar-refractivity contribution in [3.05, 3.63) is 109 Å². The van der Waals surface area contributed by atoms with Gasteiger partial charge in [0.15, 0.2) is 0 Å². The molecule has 0 heterocycles. The lowest BCUT2D eigenvalue weighted by molar-refractivity contribution is -0.141. The van der Waals surface area contributed by atoms with E-state index in [2.05, 4.69) is 10.6 Å². The maximum Gasteiger partial charge on any atom is 0.326 e. The number of nitrogens with one attached hydrogen (secondary N) is 2. The number of urea groups is 1. The van der Waals surface area contributed by atoms with E-state index in [1.807, 2.05) is 6.07 Å². The molecule has 0 spiro atoms. The van der Waals surface area contributed by atoms with Crippen molar-refractivity contribution in [3.63, 3.8) is 0 Å². The van der Waals surface area contributed by atoms with Crippen molar-refractivity contribution in [2.75, 3.05) is 28.1 Å². The maximum atomic E-state index is 13.8. The molecule has 0 atom stereocenters. The van der Waals surface area contributed by atoms with Gasteiger partial charge in [-0.3, -0.25) is 9.10 Å². The number of carbonyl (C=O) groups excluding carboxylic acids is 2. The molecule has 0 bridgehead atoms. The lowest BCUT2D eigenvalue weighted by Gasteiger charge is -2.24. The zero-order valence-electron chi connectivity index (χ0n) is 21.0. The topological polar surface area (TPSA) is 105 Å². The molecular weight excluding hydrogens is 521 g/mol. The van der Waals surface area contributed by atoms with Gasteiger partial charge in [-0.1, -0.05) is 42.5 Å². The maximum absolute atomic E-state index is 13.8. The first-order valence-corrected chi connectivity index (χ1v) is 13.5. The number of para-hydroxylation sites is 1. The Labute approximate surface area is 226 Å². The summed E-state index contributed by atoms with van der Waals surface area (Å²) in [6.07, 6.45) is 0. The van der Waals surface area contributed by atoms with Crippen molar-refractivity contribution < 1.29 is 27.1 Å². The van der Waals surface area contributed by atoms with Crippen LogP contribution in [0, 0.1) is 5.82 Å². The summed E-state index contributed by atoms with van der Waals surface area (Å²) in [5.74, 6) is -1.13. The van der Waals surface area contributed by atoms with Gasteiger partial charge >= 0.3 is 12.0 Å². The van der Waals surface area contributed by atoms with Crippen LogP contribution >= 0.6 is 0 Å². The average Bonchev–Trinajstić information content (AvgIpc) is 2.93. The zero-order valence-corrected chi connectivity index (χ0v) is 21.8. The van der Waals surface area contributed by atoms with Crippen LogP contribution in [0.2, 0.25) is 0 Å². The van der Waals surface area contributed by atoms with Crippen molar-refractivity contribution >= 4 is 39.1 Å². The molecule has 0 aliphatic carbocycles. The van der Waals surface area contributed by atoms with Crippen molar-refractivity contribution in [2.45, 2.75) is 11.8 Å². The molecule has 0 unspecified atom stereocenters. The molecule has 0 radical (unpaired) electrons. The van der Waals surface area contributed by atoms with Gasteiger partial charge in [-0.05, 0) is 78.7 Å². The Hall–Kier alpha value is -4.70. The summed E-state index contributed by atoms with van der Waals surface area (Å²) in [4.78, 5) is 24.6. The summed E-state index contributed by atoms with van der Waals surface area (Å²) in [5, 5.41) is 5.38. The molecule has 39 heavy (non-hydrogen) atoms. The van der Waals surface area contributed by atoms with Crippen LogP contribution in [-0.4, -0.2) is 33.6 Å². The first kappa shape index (κ1) is 27.3. The highest BCUT2D eigenvalue weighted by Crippen LogP contribution is 2.28. The minimum Gasteiger partial charge on any atom is -0.465 e. The number of nitrogens with zero attached hydrogens (tertiary/aromatic N) is 1. The zero-order chi connectivity index (χ0) is 27.8. The highest BCUT2D eigenvalue weighted by molar-refractivity contribution is 7.92. The summed E-state index contributed by atoms with van der Waals surface area (Å²) in [5.41, 5.74) is 2.43. The van der Waals surface area contributed by atoms with Crippen molar-refractivity contribution in [1.82, 2.24) is 0 Å². The molecule has 0 saturated heterocycles. The fraction of sp³-hybridized carbons (Fsp3) is 0.103. The molecule has 10 heteroatoms. The fourth-order valence-corrected chi connectivity index (χ4v) is 5.23. The molecule has 0 aliphatic rings. The number of ether oxygens (including phenoxy) is 1. The van der Waals surface area contributed by atoms with Crippen LogP contribution in [0.3, 0.4) is 0 Å². The Morgan fingerprint density at radius 2 is 1.44 bits per heavy atom. The normalized spacial score (nSPS) is 10.9. The van der Waals surface area contributed by atoms with Gasteiger partial charge in [0.2, 0.25) is 0 Å². The van der Waals surface area contributed by atoms with E-state index in [4.69, 9.17) is 4.74 Å². The monoisotopic (exact) mass is 547 g/mol. The fourth-order valence-electron chi connectivity index (χ4n) is 3.77. The SMILES string of the molecule is CCOC(=O)CN(c1ccc(NC(=O)Nc2ccccc2)cc1)S(=O)(=O)c1cccc(-c2ccc(F)cc2)c1. The van der Waals surface area contributed by atoms with Gasteiger partial charge in [0.05, 0.1) is 17.2 Å². The number of sulfonamides is 1. The second kappa shape index (κ2) is 12.2. The van der Waals surface area contributed by atoms with E-state index in [-0.39, 0.29) is 17.2 Å². The molecule has 8 nitrogen and oxygen atoms in total. The molecule has 4 rings (SSSR count). The predicted molar refractivity (Wildman–Crippen MR) is 149 cm³/mol. The second-order valence-corrected chi connectivity index (χ2v) is 10.2. The van der Waals surface area contributed by atoms with Gasteiger partial charge in [0.1, 0.15) is 12.4 Å². The lowest BCUT2D eigenvalue weighted by Crippen LogP contribution is -2.36. The molecule has 4 aromatic carbocycles. The largest absolute Gasteiger partial charge is 0.465 e. The number of halogens is 1. The number of rotatable bonds is 9. The molecule has 0 saturated carbocycles. The van der Waals surface area contributed by atoms with Gasteiger partial charge in [0, 0.05) is 11.4 Å². The van der Waals surface area contributed by atoms with Crippen LogP contribution in [0.5, 0.6) is 0 Å². The highest BCUT2D eigenvalue weighted by atomic mass is 32.2. The minimum atomic E-state index is -4.22. The van der Waals surface area contributed by atoms with E-state index >= 15 is 0 Å².